The van der Waals surface area contributed by atoms with Gasteiger partial charge in [0.15, 0.2) is 6.10 Å². The van der Waals surface area contributed by atoms with Crippen molar-refractivity contribution >= 4 is 17.9 Å². The molecule has 0 bridgehead atoms. The van der Waals surface area contributed by atoms with E-state index in [-0.39, 0.29) is 31.1 Å². The Balaban J connectivity index is 4.41. The van der Waals surface area contributed by atoms with E-state index in [2.05, 4.69) is 118 Å². The van der Waals surface area contributed by atoms with Crippen molar-refractivity contribution in [2.24, 2.45) is 0 Å². The summed E-state index contributed by atoms with van der Waals surface area (Å²) in [6.45, 7) is 6.53. The third-order valence-electron chi connectivity index (χ3n) is 15.0. The quantitative estimate of drug-likeness (QED) is 0.0261. The Hall–Kier alpha value is -3.67. The molecule has 0 aliphatic heterocycles. The number of carbonyl (C=O) groups is 3. The zero-order chi connectivity index (χ0) is 58.5. The highest BCUT2D eigenvalue weighted by Gasteiger charge is 2.19. The number of rotatable bonds is 63. The maximum absolute atomic E-state index is 13.0. The summed E-state index contributed by atoms with van der Waals surface area (Å²) in [5.74, 6) is -0.912. The fraction of sp³-hybridized carbons (Fsp3) is 0.747. The predicted octanol–water partition coefficient (Wildman–Crippen LogP) is 24.0. The normalized spacial score (nSPS) is 12.7. The van der Waals surface area contributed by atoms with Crippen molar-refractivity contribution in [1.82, 2.24) is 0 Å². The van der Waals surface area contributed by atoms with Crippen molar-refractivity contribution in [1.29, 1.82) is 0 Å². The van der Waals surface area contributed by atoms with Crippen LogP contribution in [-0.4, -0.2) is 37.2 Å². The van der Waals surface area contributed by atoms with Crippen LogP contribution in [0.3, 0.4) is 0 Å². The van der Waals surface area contributed by atoms with Gasteiger partial charge in [-0.05, 0) is 122 Å². The van der Waals surface area contributed by atoms with Crippen LogP contribution in [0.15, 0.2) is 97.2 Å². The van der Waals surface area contributed by atoms with Crippen molar-refractivity contribution in [2.45, 2.75) is 348 Å². The molecule has 0 fully saturated rings. The van der Waals surface area contributed by atoms with E-state index in [1.165, 1.54) is 199 Å². The van der Waals surface area contributed by atoms with E-state index in [1.54, 1.807) is 0 Å². The largest absolute Gasteiger partial charge is 0.462 e. The zero-order valence-corrected chi connectivity index (χ0v) is 53.5. The van der Waals surface area contributed by atoms with Crippen molar-refractivity contribution in [3.05, 3.63) is 97.2 Å². The van der Waals surface area contributed by atoms with E-state index in [0.29, 0.717) is 19.3 Å². The monoisotopic (exact) mass is 1130 g/mol. The number of ether oxygens (including phenoxy) is 3. The fourth-order valence-corrected chi connectivity index (χ4v) is 9.85. The van der Waals surface area contributed by atoms with Crippen LogP contribution in [0, 0.1) is 0 Å². The molecule has 1 atom stereocenters. The molecule has 81 heavy (non-hydrogen) atoms. The number of esters is 3. The second kappa shape index (κ2) is 68.8. The molecule has 0 saturated carbocycles. The summed E-state index contributed by atoms with van der Waals surface area (Å²) < 4.78 is 17.0. The molecule has 0 aromatic heterocycles. The minimum absolute atomic E-state index is 0.0889. The van der Waals surface area contributed by atoms with Crippen LogP contribution in [0.25, 0.3) is 0 Å². The zero-order valence-electron chi connectivity index (χ0n) is 53.5. The van der Waals surface area contributed by atoms with Gasteiger partial charge in [-0.2, -0.15) is 0 Å². The van der Waals surface area contributed by atoms with Gasteiger partial charge in [-0.25, -0.2) is 0 Å². The van der Waals surface area contributed by atoms with Crippen LogP contribution in [0.4, 0.5) is 0 Å². The molecule has 466 valence electrons. The number of allylic oxidation sites excluding steroid dienone is 16. The second-order valence-corrected chi connectivity index (χ2v) is 23.1. The average molecular weight is 1130 g/mol. The van der Waals surface area contributed by atoms with Gasteiger partial charge in [0.1, 0.15) is 13.2 Å². The molecule has 0 N–H and O–H groups in total. The minimum Gasteiger partial charge on any atom is -0.462 e. The van der Waals surface area contributed by atoms with Gasteiger partial charge >= 0.3 is 17.9 Å². The smallest absolute Gasteiger partial charge is 0.306 e. The number of hydrogen-bond donors (Lipinski definition) is 0. The summed E-state index contributed by atoms with van der Waals surface area (Å²) in [7, 11) is 0. The Bertz CT molecular complexity index is 1580. The van der Waals surface area contributed by atoms with Crippen LogP contribution < -0.4 is 0 Å². The molecule has 1 unspecified atom stereocenters. The molecule has 0 aliphatic rings. The lowest BCUT2D eigenvalue weighted by Gasteiger charge is -2.18. The molecule has 6 heteroatoms. The highest BCUT2D eigenvalue weighted by atomic mass is 16.6. The van der Waals surface area contributed by atoms with Crippen LogP contribution in [0.2, 0.25) is 0 Å². The lowest BCUT2D eigenvalue weighted by molar-refractivity contribution is -0.167. The Morgan fingerprint density at radius 2 is 0.481 bits per heavy atom. The minimum atomic E-state index is -0.796. The first-order valence-corrected chi connectivity index (χ1v) is 34.7. The molecule has 0 spiro atoms. The SMILES string of the molecule is CC/C=C\C/C=C\C/C=C\C/C=C\C/C=C\CCCCCC(=O)OCC(COC(=O)CCCCCCCCCCCCC/C=C\C/C=C\CCCCCCC)OC(=O)CCCCCCCCCCC/C=C\CCCCCCCCCC. The maximum atomic E-state index is 13.0. The molecule has 0 heterocycles. The van der Waals surface area contributed by atoms with E-state index in [9.17, 15) is 14.4 Å². The third-order valence-corrected chi connectivity index (χ3v) is 15.0. The van der Waals surface area contributed by atoms with Crippen molar-refractivity contribution in [2.75, 3.05) is 13.2 Å². The molecule has 6 nitrogen and oxygen atoms in total. The standard InChI is InChI=1S/C75H130O6/c1-4-7-10-13-16-19-22-25-28-31-34-36-37-39-41-44-47-50-53-56-59-62-65-68-74(77)80-71-72(70-79-73(76)67-64-61-58-55-52-49-46-43-40-33-30-27-24-21-18-15-12-9-6-3)81-75(78)69-66-63-60-57-54-51-48-45-42-38-35-32-29-26-23-20-17-14-11-8-5-2/h9,12,18,21-22,25,27,30-32,34-35,40,43,49,52,72H,4-8,10-11,13-17,19-20,23-24,26,28-29,33,36-39,41-42,44-48,50-51,53-71H2,1-3H3/b12-9-,21-18-,25-22-,30-27-,34-31-,35-32-,43-40-,52-49-. The van der Waals surface area contributed by atoms with Crippen molar-refractivity contribution in [3.8, 4) is 0 Å². The van der Waals surface area contributed by atoms with Crippen LogP contribution >= 0.6 is 0 Å². The number of hydrogen-bond acceptors (Lipinski definition) is 6. The predicted molar refractivity (Wildman–Crippen MR) is 353 cm³/mol. The van der Waals surface area contributed by atoms with E-state index >= 15 is 0 Å². The maximum Gasteiger partial charge on any atom is 0.306 e. The molecular formula is C75H130O6. The lowest BCUT2D eigenvalue weighted by atomic mass is 10.0. The summed E-state index contributed by atoms with van der Waals surface area (Å²) in [4.78, 5) is 38.5. The fourth-order valence-electron chi connectivity index (χ4n) is 9.85. The summed E-state index contributed by atoms with van der Waals surface area (Å²) >= 11 is 0. The first kappa shape index (κ1) is 77.3. The first-order chi connectivity index (χ1) is 40.0. The van der Waals surface area contributed by atoms with Gasteiger partial charge in [-0.15, -0.1) is 0 Å². The van der Waals surface area contributed by atoms with Crippen LogP contribution in [0.5, 0.6) is 0 Å². The number of unbranched alkanes of at least 4 members (excludes halogenated alkanes) is 36. The summed E-state index contributed by atoms with van der Waals surface area (Å²) in [6, 6.07) is 0. The molecule has 0 aliphatic carbocycles. The molecule has 0 saturated heterocycles. The van der Waals surface area contributed by atoms with Gasteiger partial charge in [0.2, 0.25) is 0 Å². The van der Waals surface area contributed by atoms with Crippen LogP contribution in [-0.2, 0) is 28.6 Å². The average Bonchev–Trinajstić information content (AvgIpc) is 3.47. The van der Waals surface area contributed by atoms with Gasteiger partial charge in [0.25, 0.3) is 0 Å². The number of carbonyl (C=O) groups excluding carboxylic acids is 3. The first-order valence-electron chi connectivity index (χ1n) is 34.7. The third kappa shape index (κ3) is 67.0. The van der Waals surface area contributed by atoms with Crippen molar-refractivity contribution in [3.63, 3.8) is 0 Å². The molecule has 0 aromatic rings. The highest BCUT2D eigenvalue weighted by molar-refractivity contribution is 5.71. The van der Waals surface area contributed by atoms with Gasteiger partial charge in [-0.1, -0.05) is 298 Å². The summed E-state index contributed by atoms with van der Waals surface area (Å²) in [6.07, 6.45) is 92.8. The van der Waals surface area contributed by atoms with Gasteiger partial charge in [0.05, 0.1) is 0 Å². The Morgan fingerprint density at radius 3 is 0.778 bits per heavy atom. The Kier molecular flexibility index (Phi) is 65.7. The lowest BCUT2D eigenvalue weighted by Crippen LogP contribution is -2.30. The van der Waals surface area contributed by atoms with E-state index in [4.69, 9.17) is 14.2 Å². The Morgan fingerprint density at radius 1 is 0.259 bits per heavy atom. The molecule has 0 rings (SSSR count). The van der Waals surface area contributed by atoms with E-state index < -0.39 is 6.10 Å². The summed E-state index contributed by atoms with van der Waals surface area (Å²) in [5, 5.41) is 0. The Labute approximate surface area is 502 Å². The van der Waals surface area contributed by atoms with E-state index in [0.717, 1.165) is 103 Å². The molecule has 0 aromatic carbocycles. The van der Waals surface area contributed by atoms with Gasteiger partial charge < -0.3 is 14.2 Å². The summed E-state index contributed by atoms with van der Waals surface area (Å²) in [5.41, 5.74) is 0. The van der Waals surface area contributed by atoms with Gasteiger partial charge in [0, 0.05) is 19.3 Å². The second-order valence-electron chi connectivity index (χ2n) is 23.1. The van der Waals surface area contributed by atoms with E-state index in [1.807, 2.05) is 0 Å². The van der Waals surface area contributed by atoms with Crippen LogP contribution in [0.1, 0.15) is 342 Å². The topological polar surface area (TPSA) is 78.9 Å². The molecule has 0 radical (unpaired) electrons. The highest BCUT2D eigenvalue weighted by Crippen LogP contribution is 2.17. The van der Waals surface area contributed by atoms with Gasteiger partial charge in [-0.3, -0.25) is 14.4 Å². The molecular weight excluding hydrogens is 997 g/mol. The molecule has 0 amide bonds. The van der Waals surface area contributed by atoms with Crippen molar-refractivity contribution < 1.29 is 28.6 Å².